The van der Waals surface area contributed by atoms with Crippen LogP contribution in [-0.4, -0.2) is 66.4 Å². The normalized spacial score (nSPS) is 17.6. The molecule has 0 spiro atoms. The molecule has 2 rings (SSSR count). The van der Waals surface area contributed by atoms with Gasteiger partial charge in [-0.2, -0.15) is 0 Å². The van der Waals surface area contributed by atoms with Crippen LogP contribution in [0.3, 0.4) is 0 Å². The van der Waals surface area contributed by atoms with E-state index in [9.17, 15) is 9.59 Å². The average Bonchev–Trinajstić information content (AvgIpc) is 2.78. The molecule has 6 nitrogen and oxygen atoms in total. The molecule has 0 unspecified atom stereocenters. The standard InChI is InChI=1S/C21H33ClN4O2/c1-16(17-6-8-18(22)9-7-17)23-19(27)14-25-10-5-11-26(13-12-25)15-20(28)24-21(2,3)4/h6-9,16H,5,10-15H2,1-4H3,(H,23,27)(H,24,28)/t16-/m0/s1. The van der Waals surface area contributed by atoms with Crippen LogP contribution in [0.15, 0.2) is 24.3 Å². The summed E-state index contributed by atoms with van der Waals surface area (Å²) < 4.78 is 0. The predicted molar refractivity (Wildman–Crippen MR) is 113 cm³/mol. The maximum absolute atomic E-state index is 12.4. The minimum atomic E-state index is -0.214. The summed E-state index contributed by atoms with van der Waals surface area (Å²) in [4.78, 5) is 28.9. The zero-order valence-electron chi connectivity index (χ0n) is 17.4. The van der Waals surface area contributed by atoms with Crippen molar-refractivity contribution >= 4 is 23.4 Å². The molecule has 1 aliphatic rings. The lowest BCUT2D eigenvalue weighted by molar-refractivity contribution is -0.124. The van der Waals surface area contributed by atoms with Gasteiger partial charge >= 0.3 is 0 Å². The van der Waals surface area contributed by atoms with Crippen LogP contribution in [-0.2, 0) is 9.59 Å². The number of rotatable bonds is 6. The minimum absolute atomic E-state index is 0.0152. The van der Waals surface area contributed by atoms with Crippen LogP contribution < -0.4 is 10.6 Å². The van der Waals surface area contributed by atoms with Gasteiger partial charge in [0.25, 0.3) is 0 Å². The Morgan fingerprint density at radius 3 is 2.07 bits per heavy atom. The Morgan fingerprint density at radius 1 is 1.00 bits per heavy atom. The summed E-state index contributed by atoms with van der Waals surface area (Å²) in [6.45, 7) is 12.0. The van der Waals surface area contributed by atoms with E-state index >= 15 is 0 Å². The molecule has 2 N–H and O–H groups in total. The second-order valence-corrected chi connectivity index (χ2v) is 8.98. The number of nitrogens with one attached hydrogen (secondary N) is 2. The summed E-state index contributed by atoms with van der Waals surface area (Å²) in [6, 6.07) is 7.46. The maximum atomic E-state index is 12.4. The summed E-state index contributed by atoms with van der Waals surface area (Å²) in [5, 5.41) is 6.74. The minimum Gasteiger partial charge on any atom is -0.350 e. The fourth-order valence-electron chi connectivity index (χ4n) is 3.33. The van der Waals surface area contributed by atoms with E-state index in [1.807, 2.05) is 52.0 Å². The third kappa shape index (κ3) is 8.17. The first-order chi connectivity index (χ1) is 13.1. The van der Waals surface area contributed by atoms with Gasteiger partial charge in [0, 0.05) is 23.7 Å². The topological polar surface area (TPSA) is 64.7 Å². The highest BCUT2D eigenvalue weighted by Crippen LogP contribution is 2.16. The van der Waals surface area contributed by atoms with Gasteiger partial charge < -0.3 is 10.6 Å². The van der Waals surface area contributed by atoms with E-state index in [1.165, 1.54) is 0 Å². The van der Waals surface area contributed by atoms with Gasteiger partial charge in [0.2, 0.25) is 11.8 Å². The smallest absolute Gasteiger partial charge is 0.234 e. The van der Waals surface area contributed by atoms with Crippen LogP contribution in [0.25, 0.3) is 0 Å². The van der Waals surface area contributed by atoms with Crippen molar-refractivity contribution in [3.63, 3.8) is 0 Å². The van der Waals surface area contributed by atoms with E-state index < -0.39 is 0 Å². The van der Waals surface area contributed by atoms with Gasteiger partial charge in [-0.15, -0.1) is 0 Å². The van der Waals surface area contributed by atoms with Crippen molar-refractivity contribution in [1.29, 1.82) is 0 Å². The number of amides is 2. The van der Waals surface area contributed by atoms with Crippen LogP contribution in [0.4, 0.5) is 0 Å². The fraction of sp³-hybridized carbons (Fsp3) is 0.619. The van der Waals surface area contributed by atoms with Crippen molar-refractivity contribution in [3.05, 3.63) is 34.9 Å². The van der Waals surface area contributed by atoms with E-state index in [4.69, 9.17) is 11.6 Å². The zero-order chi connectivity index (χ0) is 20.7. The van der Waals surface area contributed by atoms with Gasteiger partial charge in [-0.25, -0.2) is 0 Å². The van der Waals surface area contributed by atoms with Crippen LogP contribution in [0, 0.1) is 0 Å². The summed E-state index contributed by atoms with van der Waals surface area (Å²) >= 11 is 5.92. The molecular formula is C21H33ClN4O2. The number of benzene rings is 1. The first-order valence-electron chi connectivity index (χ1n) is 9.93. The van der Waals surface area contributed by atoms with Crippen molar-refractivity contribution < 1.29 is 9.59 Å². The molecule has 1 saturated heterocycles. The number of halogens is 1. The molecule has 7 heteroatoms. The number of carbonyl (C=O) groups is 2. The lowest BCUT2D eigenvalue weighted by atomic mass is 10.1. The number of nitrogens with zero attached hydrogens (tertiary/aromatic N) is 2. The van der Waals surface area contributed by atoms with Gasteiger partial charge in [-0.3, -0.25) is 19.4 Å². The predicted octanol–water partition coefficient (Wildman–Crippen LogP) is 2.44. The largest absolute Gasteiger partial charge is 0.350 e. The molecule has 1 aliphatic heterocycles. The summed E-state index contributed by atoms with van der Waals surface area (Å²) in [6.07, 6.45) is 0.947. The first-order valence-corrected chi connectivity index (χ1v) is 10.3. The lowest BCUT2D eigenvalue weighted by Gasteiger charge is -2.25. The molecule has 1 heterocycles. The Morgan fingerprint density at radius 2 is 1.54 bits per heavy atom. The third-order valence-electron chi connectivity index (χ3n) is 4.68. The molecule has 0 aliphatic carbocycles. The summed E-state index contributed by atoms with van der Waals surface area (Å²) in [5.41, 5.74) is 0.818. The maximum Gasteiger partial charge on any atom is 0.234 e. The SMILES string of the molecule is C[C@H](NC(=O)CN1CCCN(CC(=O)NC(C)(C)C)CC1)c1ccc(Cl)cc1. The van der Waals surface area contributed by atoms with E-state index in [1.54, 1.807) is 0 Å². The molecule has 156 valence electrons. The number of hydrogen-bond acceptors (Lipinski definition) is 4. The van der Waals surface area contributed by atoms with E-state index in [2.05, 4.69) is 20.4 Å². The molecule has 0 saturated carbocycles. The zero-order valence-corrected chi connectivity index (χ0v) is 18.2. The van der Waals surface area contributed by atoms with Crippen molar-refractivity contribution in [2.24, 2.45) is 0 Å². The quantitative estimate of drug-likeness (QED) is 0.758. The number of carbonyl (C=O) groups excluding carboxylic acids is 2. The van der Waals surface area contributed by atoms with E-state index in [-0.39, 0.29) is 23.4 Å². The fourth-order valence-corrected chi connectivity index (χ4v) is 3.45. The monoisotopic (exact) mass is 408 g/mol. The van der Waals surface area contributed by atoms with Gasteiger partial charge in [0.1, 0.15) is 0 Å². The van der Waals surface area contributed by atoms with Crippen molar-refractivity contribution in [3.8, 4) is 0 Å². The highest BCUT2D eigenvalue weighted by atomic mass is 35.5. The average molecular weight is 409 g/mol. The molecule has 0 aromatic heterocycles. The van der Waals surface area contributed by atoms with Crippen molar-refractivity contribution in [2.45, 2.75) is 45.7 Å². The Balaban J connectivity index is 1.76. The molecule has 1 atom stereocenters. The highest BCUT2D eigenvalue weighted by Gasteiger charge is 2.21. The second kappa shape index (κ2) is 10.2. The van der Waals surface area contributed by atoms with Gasteiger partial charge in [-0.05, 0) is 64.9 Å². The molecular weight excluding hydrogens is 376 g/mol. The van der Waals surface area contributed by atoms with Gasteiger partial charge in [0.15, 0.2) is 0 Å². The Bertz CT molecular complexity index is 657. The Kier molecular flexibility index (Phi) is 8.28. The summed E-state index contributed by atoms with van der Waals surface area (Å²) in [5.74, 6) is 0.0665. The van der Waals surface area contributed by atoms with Gasteiger partial charge in [-0.1, -0.05) is 23.7 Å². The molecule has 1 fully saturated rings. The van der Waals surface area contributed by atoms with E-state index in [0.717, 1.165) is 38.2 Å². The van der Waals surface area contributed by atoms with E-state index in [0.29, 0.717) is 18.1 Å². The van der Waals surface area contributed by atoms with Crippen LogP contribution in [0.1, 0.15) is 45.7 Å². The van der Waals surface area contributed by atoms with Gasteiger partial charge in [0.05, 0.1) is 19.1 Å². The number of hydrogen-bond donors (Lipinski definition) is 2. The molecule has 0 radical (unpaired) electrons. The van der Waals surface area contributed by atoms with Crippen LogP contribution >= 0.6 is 11.6 Å². The van der Waals surface area contributed by atoms with Crippen molar-refractivity contribution in [1.82, 2.24) is 20.4 Å². The molecule has 1 aromatic carbocycles. The Hall–Kier alpha value is -1.63. The summed E-state index contributed by atoms with van der Waals surface area (Å²) in [7, 11) is 0. The van der Waals surface area contributed by atoms with Crippen LogP contribution in [0.5, 0.6) is 0 Å². The van der Waals surface area contributed by atoms with Crippen LogP contribution in [0.2, 0.25) is 5.02 Å². The molecule has 1 aromatic rings. The second-order valence-electron chi connectivity index (χ2n) is 8.54. The highest BCUT2D eigenvalue weighted by molar-refractivity contribution is 6.30. The lowest BCUT2D eigenvalue weighted by Crippen LogP contribution is -2.46. The van der Waals surface area contributed by atoms with Crippen molar-refractivity contribution in [2.75, 3.05) is 39.3 Å². The third-order valence-corrected chi connectivity index (χ3v) is 4.93. The first kappa shape index (κ1) is 22.7. The molecule has 28 heavy (non-hydrogen) atoms. The molecule has 2 amide bonds. The Labute approximate surface area is 173 Å². The molecule has 0 bridgehead atoms.